The van der Waals surface area contributed by atoms with Crippen molar-refractivity contribution in [1.29, 1.82) is 0 Å². The van der Waals surface area contributed by atoms with Gasteiger partial charge in [0.15, 0.2) is 0 Å². The van der Waals surface area contributed by atoms with Crippen LogP contribution in [-0.2, 0) is 0 Å². The van der Waals surface area contributed by atoms with Gasteiger partial charge in [-0.25, -0.2) is 0 Å². The molecule has 0 aliphatic rings. The summed E-state index contributed by atoms with van der Waals surface area (Å²) in [4.78, 5) is 2.81. The average Bonchev–Trinajstić information content (AvgIpc) is 2.88. The molecule has 0 fully saturated rings. The lowest BCUT2D eigenvalue weighted by molar-refractivity contribution is 0.545. The van der Waals surface area contributed by atoms with E-state index < -0.39 is 0 Å². The highest BCUT2D eigenvalue weighted by Gasteiger charge is 2.11. The smallest absolute Gasteiger partial charge is 0.0412 e. The highest BCUT2D eigenvalue weighted by molar-refractivity contribution is 7.15. The third-order valence-corrected chi connectivity index (χ3v) is 4.87. The van der Waals surface area contributed by atoms with E-state index in [4.69, 9.17) is 0 Å². The SMILES string of the molecule is CCNC(CC)c1ccc(-c2ccc(C)c(C)c2)s1. The van der Waals surface area contributed by atoms with Gasteiger partial charge in [0, 0.05) is 15.8 Å². The molecule has 2 aromatic rings. The number of thiophene rings is 1. The van der Waals surface area contributed by atoms with Crippen LogP contribution in [0.4, 0.5) is 0 Å². The van der Waals surface area contributed by atoms with Crippen molar-refractivity contribution >= 4 is 11.3 Å². The first-order valence-electron chi connectivity index (χ1n) is 7.06. The third kappa shape index (κ3) is 3.26. The molecule has 102 valence electrons. The van der Waals surface area contributed by atoms with Crippen LogP contribution >= 0.6 is 11.3 Å². The number of aryl methyl sites for hydroxylation is 2. The summed E-state index contributed by atoms with van der Waals surface area (Å²) >= 11 is 1.91. The van der Waals surface area contributed by atoms with Gasteiger partial charge in [0.05, 0.1) is 0 Å². The van der Waals surface area contributed by atoms with E-state index in [0.29, 0.717) is 6.04 Å². The quantitative estimate of drug-likeness (QED) is 0.800. The second kappa shape index (κ2) is 6.36. The summed E-state index contributed by atoms with van der Waals surface area (Å²) in [7, 11) is 0. The molecule has 1 heterocycles. The maximum atomic E-state index is 3.54. The van der Waals surface area contributed by atoms with E-state index in [1.807, 2.05) is 11.3 Å². The summed E-state index contributed by atoms with van der Waals surface area (Å²) in [6, 6.07) is 11.8. The van der Waals surface area contributed by atoms with E-state index in [1.54, 1.807) is 0 Å². The zero-order chi connectivity index (χ0) is 13.8. The number of hydrogen-bond donors (Lipinski definition) is 1. The van der Waals surface area contributed by atoms with Gasteiger partial charge in [0.1, 0.15) is 0 Å². The Kier molecular flexibility index (Phi) is 4.78. The Labute approximate surface area is 120 Å². The van der Waals surface area contributed by atoms with Crippen LogP contribution in [0.2, 0.25) is 0 Å². The van der Waals surface area contributed by atoms with Crippen molar-refractivity contribution in [3.05, 3.63) is 46.3 Å². The van der Waals surface area contributed by atoms with Gasteiger partial charge in [-0.05, 0) is 55.6 Å². The van der Waals surface area contributed by atoms with Crippen molar-refractivity contribution in [2.24, 2.45) is 0 Å². The van der Waals surface area contributed by atoms with Crippen LogP contribution in [-0.4, -0.2) is 6.54 Å². The van der Waals surface area contributed by atoms with Crippen molar-refractivity contribution in [3.63, 3.8) is 0 Å². The zero-order valence-corrected chi connectivity index (χ0v) is 13.1. The summed E-state index contributed by atoms with van der Waals surface area (Å²) in [5, 5.41) is 3.54. The summed E-state index contributed by atoms with van der Waals surface area (Å²) < 4.78 is 0. The van der Waals surface area contributed by atoms with Gasteiger partial charge < -0.3 is 5.32 Å². The fourth-order valence-electron chi connectivity index (χ4n) is 2.28. The molecule has 0 saturated heterocycles. The Morgan fingerprint density at radius 3 is 2.47 bits per heavy atom. The highest BCUT2D eigenvalue weighted by Crippen LogP contribution is 2.33. The van der Waals surface area contributed by atoms with E-state index in [-0.39, 0.29) is 0 Å². The molecule has 1 atom stereocenters. The third-order valence-electron chi connectivity index (χ3n) is 3.62. The molecule has 0 saturated carbocycles. The first-order chi connectivity index (χ1) is 9.15. The van der Waals surface area contributed by atoms with Gasteiger partial charge >= 0.3 is 0 Å². The van der Waals surface area contributed by atoms with Crippen LogP contribution in [0.5, 0.6) is 0 Å². The first kappa shape index (κ1) is 14.3. The van der Waals surface area contributed by atoms with E-state index in [1.165, 1.54) is 26.4 Å². The van der Waals surface area contributed by atoms with Gasteiger partial charge in [0.2, 0.25) is 0 Å². The predicted octanol–water partition coefficient (Wildman–Crippen LogP) is 5.09. The van der Waals surface area contributed by atoms with E-state index >= 15 is 0 Å². The molecule has 0 aliphatic heterocycles. The van der Waals surface area contributed by atoms with Crippen LogP contribution < -0.4 is 5.32 Å². The molecule has 0 spiro atoms. The minimum Gasteiger partial charge on any atom is -0.310 e. The summed E-state index contributed by atoms with van der Waals surface area (Å²) in [5.41, 5.74) is 4.07. The molecule has 19 heavy (non-hydrogen) atoms. The average molecular weight is 273 g/mol. The largest absolute Gasteiger partial charge is 0.310 e. The van der Waals surface area contributed by atoms with E-state index in [0.717, 1.165) is 13.0 Å². The molecule has 0 bridgehead atoms. The molecular weight excluding hydrogens is 250 g/mol. The fraction of sp³-hybridized carbons (Fsp3) is 0.412. The molecule has 2 rings (SSSR count). The molecule has 0 radical (unpaired) electrons. The van der Waals surface area contributed by atoms with E-state index in [9.17, 15) is 0 Å². The number of benzene rings is 1. The molecule has 2 heteroatoms. The maximum Gasteiger partial charge on any atom is 0.0412 e. The van der Waals surface area contributed by atoms with Crippen molar-refractivity contribution in [2.75, 3.05) is 6.54 Å². The Morgan fingerprint density at radius 1 is 1.05 bits per heavy atom. The highest BCUT2D eigenvalue weighted by atomic mass is 32.1. The maximum absolute atomic E-state index is 3.54. The lowest BCUT2D eigenvalue weighted by Gasteiger charge is -2.13. The molecule has 1 aromatic carbocycles. The Hall–Kier alpha value is -1.12. The lowest BCUT2D eigenvalue weighted by Crippen LogP contribution is -2.18. The number of hydrogen-bond acceptors (Lipinski definition) is 2. The Balaban J connectivity index is 2.27. The fourth-order valence-corrected chi connectivity index (χ4v) is 3.45. The minimum atomic E-state index is 0.496. The summed E-state index contributed by atoms with van der Waals surface area (Å²) in [6.07, 6.45) is 1.14. The van der Waals surface area contributed by atoms with Crippen LogP contribution in [0, 0.1) is 13.8 Å². The van der Waals surface area contributed by atoms with Gasteiger partial charge in [-0.3, -0.25) is 0 Å². The van der Waals surface area contributed by atoms with Crippen molar-refractivity contribution in [2.45, 2.75) is 40.2 Å². The van der Waals surface area contributed by atoms with Crippen LogP contribution in [0.1, 0.15) is 42.3 Å². The molecule has 1 unspecified atom stereocenters. The Bertz CT molecular complexity index is 542. The summed E-state index contributed by atoms with van der Waals surface area (Å²) in [5.74, 6) is 0. The van der Waals surface area contributed by atoms with Gasteiger partial charge in [-0.15, -0.1) is 11.3 Å². The molecular formula is C17H23NS. The van der Waals surface area contributed by atoms with Crippen molar-refractivity contribution in [1.82, 2.24) is 5.32 Å². The Morgan fingerprint density at radius 2 is 1.84 bits per heavy atom. The first-order valence-corrected chi connectivity index (χ1v) is 7.88. The lowest BCUT2D eigenvalue weighted by atomic mass is 10.1. The monoisotopic (exact) mass is 273 g/mol. The second-order valence-electron chi connectivity index (χ2n) is 5.02. The van der Waals surface area contributed by atoms with Gasteiger partial charge in [-0.1, -0.05) is 32.0 Å². The summed E-state index contributed by atoms with van der Waals surface area (Å²) in [6.45, 7) is 9.77. The number of rotatable bonds is 5. The molecule has 0 aliphatic carbocycles. The normalized spacial score (nSPS) is 12.6. The zero-order valence-electron chi connectivity index (χ0n) is 12.3. The van der Waals surface area contributed by atoms with Crippen molar-refractivity contribution < 1.29 is 0 Å². The van der Waals surface area contributed by atoms with Crippen LogP contribution in [0.25, 0.3) is 10.4 Å². The van der Waals surface area contributed by atoms with Crippen LogP contribution in [0.3, 0.4) is 0 Å². The van der Waals surface area contributed by atoms with Gasteiger partial charge in [0.25, 0.3) is 0 Å². The molecule has 0 amide bonds. The van der Waals surface area contributed by atoms with Crippen molar-refractivity contribution in [3.8, 4) is 10.4 Å². The van der Waals surface area contributed by atoms with Gasteiger partial charge in [-0.2, -0.15) is 0 Å². The molecule has 1 N–H and O–H groups in total. The number of nitrogens with one attached hydrogen (secondary N) is 1. The van der Waals surface area contributed by atoms with Crippen LogP contribution in [0.15, 0.2) is 30.3 Å². The second-order valence-corrected chi connectivity index (χ2v) is 6.13. The molecule has 1 aromatic heterocycles. The minimum absolute atomic E-state index is 0.496. The molecule has 1 nitrogen and oxygen atoms in total. The standard InChI is InChI=1S/C17H23NS/c1-5-15(18-6-2)17-10-9-16(19-17)14-8-7-12(3)13(4)11-14/h7-11,15,18H,5-6H2,1-4H3. The topological polar surface area (TPSA) is 12.0 Å². The van der Waals surface area contributed by atoms with E-state index in [2.05, 4.69) is 63.3 Å². The predicted molar refractivity (Wildman–Crippen MR) is 85.9 cm³/mol.